The number of aryl methyl sites for hydroxylation is 1. The minimum Gasteiger partial charge on any atom is -0.462 e. The molecule has 0 saturated heterocycles. The van der Waals surface area contributed by atoms with Gasteiger partial charge in [-0.2, -0.15) is 0 Å². The van der Waals surface area contributed by atoms with Crippen LogP contribution in [0.1, 0.15) is 33.2 Å². The molecule has 0 aliphatic carbocycles. The van der Waals surface area contributed by atoms with Crippen LogP contribution in [0.2, 0.25) is 0 Å². The van der Waals surface area contributed by atoms with Crippen molar-refractivity contribution in [3.63, 3.8) is 0 Å². The van der Waals surface area contributed by atoms with Crippen molar-refractivity contribution in [2.75, 3.05) is 22.1 Å². The Morgan fingerprint density at radius 3 is 2.31 bits per heavy atom. The van der Waals surface area contributed by atoms with E-state index in [1.807, 2.05) is 6.07 Å². The Labute approximate surface area is 212 Å². The molecule has 182 valence electrons. The van der Waals surface area contributed by atoms with Crippen molar-refractivity contribution in [1.29, 1.82) is 0 Å². The Balaban J connectivity index is 1.46. The number of nitrogens with one attached hydrogen (secondary N) is 2. The molecule has 0 spiro atoms. The van der Waals surface area contributed by atoms with Gasteiger partial charge in [0.15, 0.2) is 0 Å². The summed E-state index contributed by atoms with van der Waals surface area (Å²) in [5, 5.41) is 5.41. The molecule has 3 aromatic carbocycles. The second kappa shape index (κ2) is 10.5. The van der Waals surface area contributed by atoms with Crippen LogP contribution >= 0.6 is 11.6 Å². The number of nitrogens with zero attached hydrogens (tertiary/aromatic N) is 1. The smallest absolute Gasteiger partial charge is 0.338 e. The minimum atomic E-state index is -0.612. The second-order valence-corrected chi connectivity index (χ2v) is 8.26. The van der Waals surface area contributed by atoms with Crippen LogP contribution in [-0.2, 0) is 14.3 Å². The van der Waals surface area contributed by atoms with Gasteiger partial charge in [-0.25, -0.2) is 9.69 Å². The van der Waals surface area contributed by atoms with E-state index in [2.05, 4.69) is 10.6 Å². The van der Waals surface area contributed by atoms with E-state index >= 15 is 0 Å². The number of halogens is 1. The van der Waals surface area contributed by atoms with E-state index in [1.165, 1.54) is 6.07 Å². The molecular weight excluding hydrogens is 482 g/mol. The summed E-state index contributed by atoms with van der Waals surface area (Å²) in [7, 11) is 0. The van der Waals surface area contributed by atoms with Crippen molar-refractivity contribution in [2.45, 2.75) is 13.8 Å². The molecule has 9 heteroatoms. The predicted octanol–water partition coefficient (Wildman–Crippen LogP) is 4.86. The molecule has 0 radical (unpaired) electrons. The minimum absolute atomic E-state index is 0.0436. The number of rotatable bonds is 7. The summed E-state index contributed by atoms with van der Waals surface area (Å²) in [5.41, 5.74) is 2.76. The van der Waals surface area contributed by atoms with Crippen LogP contribution < -0.4 is 15.5 Å². The summed E-state index contributed by atoms with van der Waals surface area (Å²) in [5.74, 6) is -2.04. The Bertz CT molecular complexity index is 1400. The number of amides is 3. The molecule has 0 aromatic heterocycles. The van der Waals surface area contributed by atoms with Gasteiger partial charge in [-0.3, -0.25) is 14.4 Å². The predicted molar refractivity (Wildman–Crippen MR) is 137 cm³/mol. The van der Waals surface area contributed by atoms with E-state index in [-0.39, 0.29) is 17.3 Å². The molecule has 1 aliphatic heterocycles. The number of hydrogen-bond donors (Lipinski definition) is 2. The molecule has 36 heavy (non-hydrogen) atoms. The molecule has 0 bridgehead atoms. The number of ether oxygens (including phenoxy) is 1. The molecule has 1 heterocycles. The molecule has 2 N–H and O–H groups in total. The zero-order valence-corrected chi connectivity index (χ0v) is 20.3. The molecule has 4 rings (SSSR count). The number of para-hydroxylation sites is 1. The fraction of sp³-hybridized carbons (Fsp3) is 0.111. The summed E-state index contributed by atoms with van der Waals surface area (Å²) in [4.78, 5) is 51.3. The standard InChI is InChI=1S/C27H22ClN3O5/c1-3-36-27(35)18-8-6-9-20(15-18)30-24(32)17-11-13-19(14-12-17)29-23-22(28)25(33)31(26(23)34)21-10-5-4-7-16(21)2/h4-15,29H,3H2,1-2H3,(H,30,32). The number of benzene rings is 3. The third-order valence-corrected chi connectivity index (χ3v) is 5.78. The fourth-order valence-corrected chi connectivity index (χ4v) is 3.85. The van der Waals surface area contributed by atoms with E-state index in [4.69, 9.17) is 16.3 Å². The van der Waals surface area contributed by atoms with Gasteiger partial charge in [0.1, 0.15) is 10.7 Å². The number of carbonyl (C=O) groups is 4. The van der Waals surface area contributed by atoms with Gasteiger partial charge >= 0.3 is 5.97 Å². The first-order valence-electron chi connectivity index (χ1n) is 11.1. The lowest BCUT2D eigenvalue weighted by molar-refractivity contribution is -0.120. The molecule has 0 unspecified atom stereocenters. The zero-order chi connectivity index (χ0) is 25.8. The molecular formula is C27H22ClN3O5. The van der Waals surface area contributed by atoms with Crippen LogP contribution in [0.4, 0.5) is 17.1 Å². The van der Waals surface area contributed by atoms with Crippen molar-refractivity contribution < 1.29 is 23.9 Å². The number of esters is 1. The molecule has 3 aromatic rings. The van der Waals surface area contributed by atoms with Crippen molar-refractivity contribution in [3.8, 4) is 0 Å². The second-order valence-electron chi connectivity index (χ2n) is 7.88. The van der Waals surface area contributed by atoms with Gasteiger partial charge in [-0.15, -0.1) is 0 Å². The van der Waals surface area contributed by atoms with Crippen LogP contribution in [0, 0.1) is 6.92 Å². The maximum atomic E-state index is 13.0. The van der Waals surface area contributed by atoms with Gasteiger partial charge in [-0.1, -0.05) is 35.9 Å². The van der Waals surface area contributed by atoms with Crippen molar-refractivity contribution in [3.05, 3.63) is 100 Å². The number of carbonyl (C=O) groups excluding carboxylic acids is 4. The summed E-state index contributed by atoms with van der Waals surface area (Å²) in [6, 6.07) is 19.8. The zero-order valence-electron chi connectivity index (χ0n) is 19.5. The van der Waals surface area contributed by atoms with E-state index in [0.717, 1.165) is 10.5 Å². The Morgan fingerprint density at radius 1 is 0.889 bits per heavy atom. The lowest BCUT2D eigenvalue weighted by atomic mass is 10.1. The highest BCUT2D eigenvalue weighted by Crippen LogP contribution is 2.31. The molecule has 0 saturated carbocycles. The molecule has 3 amide bonds. The monoisotopic (exact) mass is 503 g/mol. The van der Waals surface area contributed by atoms with Gasteiger partial charge in [0, 0.05) is 16.9 Å². The third-order valence-electron chi connectivity index (χ3n) is 5.43. The Hall–Kier alpha value is -4.43. The highest BCUT2D eigenvalue weighted by molar-refractivity contribution is 6.53. The normalized spacial score (nSPS) is 13.1. The van der Waals surface area contributed by atoms with E-state index < -0.39 is 23.7 Å². The number of anilines is 3. The third kappa shape index (κ3) is 4.99. The molecule has 0 fully saturated rings. The lowest BCUT2D eigenvalue weighted by Crippen LogP contribution is -2.32. The van der Waals surface area contributed by atoms with E-state index in [1.54, 1.807) is 74.5 Å². The maximum Gasteiger partial charge on any atom is 0.338 e. The maximum absolute atomic E-state index is 13.0. The Morgan fingerprint density at radius 2 is 1.61 bits per heavy atom. The summed E-state index contributed by atoms with van der Waals surface area (Å²) < 4.78 is 4.98. The average molecular weight is 504 g/mol. The number of imide groups is 1. The van der Waals surface area contributed by atoms with Gasteiger partial charge in [0.25, 0.3) is 17.7 Å². The summed E-state index contributed by atoms with van der Waals surface area (Å²) in [6.45, 7) is 3.76. The highest BCUT2D eigenvalue weighted by Gasteiger charge is 2.39. The van der Waals surface area contributed by atoms with Gasteiger partial charge in [0.05, 0.1) is 17.9 Å². The summed E-state index contributed by atoms with van der Waals surface area (Å²) >= 11 is 6.21. The number of hydrogen-bond acceptors (Lipinski definition) is 6. The van der Waals surface area contributed by atoms with Crippen LogP contribution in [0.25, 0.3) is 0 Å². The molecule has 1 aliphatic rings. The van der Waals surface area contributed by atoms with Gasteiger partial charge < -0.3 is 15.4 Å². The largest absolute Gasteiger partial charge is 0.462 e. The van der Waals surface area contributed by atoms with Gasteiger partial charge in [0.2, 0.25) is 0 Å². The highest BCUT2D eigenvalue weighted by atomic mass is 35.5. The van der Waals surface area contributed by atoms with Gasteiger partial charge in [-0.05, 0) is 67.9 Å². The van der Waals surface area contributed by atoms with Crippen LogP contribution in [-0.4, -0.2) is 30.3 Å². The first-order chi connectivity index (χ1) is 17.3. The fourth-order valence-electron chi connectivity index (χ4n) is 3.64. The van der Waals surface area contributed by atoms with Crippen LogP contribution in [0.5, 0.6) is 0 Å². The van der Waals surface area contributed by atoms with Crippen molar-refractivity contribution >= 4 is 52.4 Å². The lowest BCUT2D eigenvalue weighted by Gasteiger charge is -2.17. The van der Waals surface area contributed by atoms with Crippen molar-refractivity contribution in [1.82, 2.24) is 0 Å². The first kappa shape index (κ1) is 24.7. The SMILES string of the molecule is CCOC(=O)c1cccc(NC(=O)c2ccc(NC3=C(Cl)C(=O)N(c4ccccc4C)C3=O)cc2)c1. The Kier molecular flexibility index (Phi) is 7.17. The van der Waals surface area contributed by atoms with E-state index in [0.29, 0.717) is 28.2 Å². The van der Waals surface area contributed by atoms with E-state index in [9.17, 15) is 19.2 Å². The first-order valence-corrected chi connectivity index (χ1v) is 11.5. The van der Waals surface area contributed by atoms with Crippen LogP contribution in [0.3, 0.4) is 0 Å². The topological polar surface area (TPSA) is 105 Å². The molecule has 0 atom stereocenters. The molecule has 8 nitrogen and oxygen atoms in total. The quantitative estimate of drug-likeness (QED) is 0.352. The average Bonchev–Trinajstić information content (AvgIpc) is 3.08. The summed E-state index contributed by atoms with van der Waals surface area (Å²) in [6.07, 6.45) is 0. The van der Waals surface area contributed by atoms with Crippen LogP contribution in [0.15, 0.2) is 83.5 Å². The van der Waals surface area contributed by atoms with Crippen molar-refractivity contribution in [2.24, 2.45) is 0 Å².